The number of hydrogen-bond donors (Lipinski definition) is 13. The molecule has 17 N–H and O–H groups in total. The van der Waals surface area contributed by atoms with Crippen LogP contribution in [0.1, 0.15) is 49.7 Å². The Morgan fingerprint density at radius 2 is 1.37 bits per heavy atom. The minimum Gasteiger partial charge on any atom is -0.508 e. The van der Waals surface area contributed by atoms with Crippen LogP contribution in [0.4, 0.5) is 0 Å². The molecule has 2 heterocycles. The van der Waals surface area contributed by atoms with Gasteiger partial charge in [-0.3, -0.25) is 52.9 Å². The Kier molecular flexibility index (Phi) is 22.7. The molecule has 0 aliphatic carbocycles. The van der Waals surface area contributed by atoms with Crippen molar-refractivity contribution < 1.29 is 58.2 Å². The van der Waals surface area contributed by atoms with Crippen molar-refractivity contribution in [2.75, 3.05) is 37.7 Å². The van der Waals surface area contributed by atoms with Gasteiger partial charge in [-0.15, -0.1) is 0 Å². The summed E-state index contributed by atoms with van der Waals surface area (Å²) in [7, 11) is 2.20. The van der Waals surface area contributed by atoms with Gasteiger partial charge < -0.3 is 75.3 Å². The average molecular weight is 1030 g/mol. The molecule has 7 atom stereocenters. The molecule has 2 saturated heterocycles. The minimum atomic E-state index is -1.76. The van der Waals surface area contributed by atoms with Gasteiger partial charge in [-0.05, 0) is 48.9 Å². The summed E-state index contributed by atoms with van der Waals surface area (Å²) in [5, 5.41) is 37.8. The second kappa shape index (κ2) is 28.5. The van der Waals surface area contributed by atoms with Crippen LogP contribution >= 0.6 is 21.6 Å². The molecule has 2 aromatic rings. The number of nitrogens with zero attached hydrogens (tertiary/aromatic N) is 2. The predicted octanol–water partition coefficient (Wildman–Crippen LogP) is -4.61. The Morgan fingerprint density at radius 3 is 2.00 bits per heavy atom. The zero-order chi connectivity index (χ0) is 52.0. The topological polar surface area (TPSA) is 415 Å². The van der Waals surface area contributed by atoms with Gasteiger partial charge in [-0.1, -0.05) is 64.1 Å². The number of hydrogen-bond acceptors (Lipinski definition) is 15. The van der Waals surface area contributed by atoms with Crippen LogP contribution in [0.15, 0.2) is 59.6 Å². The highest BCUT2D eigenvalue weighted by molar-refractivity contribution is 8.76. The predicted molar refractivity (Wildman–Crippen MR) is 261 cm³/mol. The maximum Gasteiger partial charge on any atom is 0.246 e. The number of carbonyl (C=O) groups excluding carboxylic acids is 10. The highest BCUT2D eigenvalue weighted by Gasteiger charge is 2.40. The van der Waals surface area contributed by atoms with Gasteiger partial charge in [0.05, 0.1) is 19.6 Å². The first kappa shape index (κ1) is 56.5. The highest BCUT2D eigenvalue weighted by atomic mass is 33.1. The molecule has 2 aliphatic rings. The van der Waals surface area contributed by atoms with Crippen molar-refractivity contribution in [2.45, 2.75) is 93.7 Å². The lowest BCUT2D eigenvalue weighted by atomic mass is 10.0. The summed E-state index contributed by atoms with van der Waals surface area (Å²) >= 11 is 0. The number of carbonyl (C=O) groups is 10. The van der Waals surface area contributed by atoms with Gasteiger partial charge in [0.1, 0.15) is 48.0 Å². The summed E-state index contributed by atoms with van der Waals surface area (Å²) in [5.74, 6) is -8.90. The summed E-state index contributed by atoms with van der Waals surface area (Å²) in [6.45, 7) is -1.40. The van der Waals surface area contributed by atoms with Crippen LogP contribution in [-0.4, -0.2) is 160 Å². The van der Waals surface area contributed by atoms with Gasteiger partial charge in [-0.2, -0.15) is 0 Å². The van der Waals surface area contributed by atoms with Crippen LogP contribution in [0.2, 0.25) is 0 Å². The molecular formula is C44H61N13O12S2. The van der Waals surface area contributed by atoms with Crippen LogP contribution in [0.3, 0.4) is 0 Å². The number of aliphatic hydroxyl groups excluding tert-OH is 1. The zero-order valence-electron chi connectivity index (χ0n) is 38.6. The average Bonchev–Trinajstić information content (AvgIpc) is 3.83. The minimum absolute atomic E-state index is 0.0205. The van der Waals surface area contributed by atoms with E-state index in [1.807, 2.05) is 0 Å². The number of likely N-dealkylation sites (tertiary alicyclic amines) is 1. The maximum absolute atomic E-state index is 14.5. The molecule has 27 heteroatoms. The molecule has 10 amide bonds. The Hall–Kier alpha value is -7.13. The molecule has 0 aromatic heterocycles. The first-order valence-corrected chi connectivity index (χ1v) is 25.0. The summed E-state index contributed by atoms with van der Waals surface area (Å²) < 4.78 is 0. The fourth-order valence-electron chi connectivity index (χ4n) is 7.42. The molecule has 25 nitrogen and oxygen atoms in total. The number of phenols is 1. The van der Waals surface area contributed by atoms with E-state index in [1.165, 1.54) is 17.0 Å². The molecule has 0 unspecified atom stereocenters. The molecule has 0 bridgehead atoms. The Bertz CT molecular complexity index is 2260. The smallest absolute Gasteiger partial charge is 0.246 e. The first-order chi connectivity index (χ1) is 33.8. The van der Waals surface area contributed by atoms with Crippen molar-refractivity contribution >= 4 is 86.6 Å². The van der Waals surface area contributed by atoms with Crippen molar-refractivity contribution in [3.8, 4) is 5.75 Å². The number of nitrogens with two attached hydrogens (primary N) is 4. The third-order valence-corrected chi connectivity index (χ3v) is 13.4. The monoisotopic (exact) mass is 1030 g/mol. The first-order valence-electron chi connectivity index (χ1n) is 22.5. The number of amides is 10. The van der Waals surface area contributed by atoms with Gasteiger partial charge >= 0.3 is 0 Å². The van der Waals surface area contributed by atoms with E-state index >= 15 is 0 Å². The Labute approximate surface area is 416 Å². The summed E-state index contributed by atoms with van der Waals surface area (Å²) in [4.78, 5) is 139. The number of aromatic hydroxyl groups is 1. The number of phenolic OH excluding ortho intramolecular Hbond substituents is 1. The van der Waals surface area contributed by atoms with Gasteiger partial charge in [0.15, 0.2) is 5.96 Å². The largest absolute Gasteiger partial charge is 0.508 e. The van der Waals surface area contributed by atoms with Gasteiger partial charge in [0.2, 0.25) is 59.1 Å². The van der Waals surface area contributed by atoms with Crippen molar-refractivity contribution in [2.24, 2.45) is 27.9 Å². The SMILES string of the molecule is NC(=O)CNC(=O)[C@H](CCCN=C(N)N)NC(=O)[C@@H]1CCCN1C(=O)[C@@H]1CSSCCC(=O)N[C@H](Cc2ccc(O)cc2)C(=O)N[C@@H](Cc2ccccc2)C(=O)N[C@@H](CO)C(=O)N[C@@H](CC(N)=O)C(=O)N1. The molecule has 2 aliphatic heterocycles. The van der Waals surface area contributed by atoms with Crippen LogP contribution in [0.25, 0.3) is 0 Å². The number of nitrogens with one attached hydrogen (secondary N) is 7. The quantitative estimate of drug-likeness (QED) is 0.0307. The molecule has 2 fully saturated rings. The van der Waals surface area contributed by atoms with Crippen molar-refractivity contribution in [3.63, 3.8) is 0 Å². The van der Waals surface area contributed by atoms with Crippen LogP contribution in [0, 0.1) is 0 Å². The number of guanidine groups is 1. The molecule has 0 spiro atoms. The molecule has 4 rings (SSSR count). The number of aliphatic imine (C=N–C) groups is 1. The van der Waals surface area contributed by atoms with E-state index in [9.17, 15) is 58.2 Å². The van der Waals surface area contributed by atoms with E-state index in [-0.39, 0.29) is 74.8 Å². The Balaban J connectivity index is 1.64. The number of aliphatic hydroxyl groups is 1. The van der Waals surface area contributed by atoms with Crippen LogP contribution in [-0.2, 0) is 60.8 Å². The highest BCUT2D eigenvalue weighted by Crippen LogP contribution is 2.26. The molecule has 71 heavy (non-hydrogen) atoms. The summed E-state index contributed by atoms with van der Waals surface area (Å²) in [6.07, 6.45) is -0.396. The third-order valence-electron chi connectivity index (χ3n) is 11.0. The van der Waals surface area contributed by atoms with Crippen molar-refractivity contribution in [3.05, 3.63) is 65.7 Å². The van der Waals surface area contributed by atoms with Gasteiger partial charge in [0, 0.05) is 43.9 Å². The van der Waals surface area contributed by atoms with Crippen molar-refractivity contribution in [1.29, 1.82) is 0 Å². The van der Waals surface area contributed by atoms with E-state index in [0.717, 1.165) is 21.6 Å². The number of primary amides is 2. The van der Waals surface area contributed by atoms with Gasteiger partial charge in [0.25, 0.3) is 0 Å². The van der Waals surface area contributed by atoms with Gasteiger partial charge in [-0.25, -0.2) is 0 Å². The van der Waals surface area contributed by atoms with Crippen LogP contribution < -0.4 is 60.2 Å². The standard InChI is InChI=1S/C44H61N13O12S2/c45-34(60)20-30-40(66)56-32(43(69)57-16-5-9-33(57)42(68)52-27(8-4-15-49-44(47)48)37(63)50-21-35(46)61)23-71-70-17-14-36(62)51-28(19-25-10-12-26(59)13-11-25)38(64)53-29(18-24-6-2-1-3-7-24)39(65)55-31(22-58)41(67)54-30/h1-3,6-7,10-13,27-33,58-59H,4-5,8-9,14-23H2,(H2,45,60)(H2,46,61)(H,50,63)(H,51,62)(H,52,68)(H,53,64)(H,54,67)(H,55,65)(H,56,66)(H4,47,48,49)/t27-,28+,29-,30-,31-,32-,33-/m0/s1. The second-order valence-electron chi connectivity index (χ2n) is 16.5. The van der Waals surface area contributed by atoms with Crippen molar-refractivity contribution in [1.82, 2.24) is 42.1 Å². The fourth-order valence-corrected chi connectivity index (χ4v) is 9.57. The van der Waals surface area contributed by atoms with E-state index in [1.54, 1.807) is 42.5 Å². The second-order valence-corrected chi connectivity index (χ2v) is 19.1. The lowest BCUT2D eigenvalue weighted by Crippen LogP contribution is -2.61. The lowest BCUT2D eigenvalue weighted by Gasteiger charge is -2.30. The third kappa shape index (κ3) is 19.0. The number of benzene rings is 2. The number of rotatable bonds is 17. The molecule has 386 valence electrons. The van der Waals surface area contributed by atoms with E-state index in [0.29, 0.717) is 17.5 Å². The Morgan fingerprint density at radius 1 is 0.761 bits per heavy atom. The van der Waals surface area contributed by atoms with Crippen LogP contribution in [0.5, 0.6) is 5.75 Å². The summed E-state index contributed by atoms with van der Waals surface area (Å²) in [6, 6.07) is 4.46. The fraction of sp³-hybridized carbons (Fsp3) is 0.477. The van der Waals surface area contributed by atoms with E-state index in [2.05, 4.69) is 42.2 Å². The molecule has 0 radical (unpaired) electrons. The van der Waals surface area contributed by atoms with E-state index < -0.39 is 121 Å². The molecule has 0 saturated carbocycles. The lowest BCUT2D eigenvalue weighted by molar-refractivity contribution is -0.142. The maximum atomic E-state index is 14.5. The zero-order valence-corrected chi connectivity index (χ0v) is 40.3. The normalized spacial score (nSPS) is 22.2. The molecular weight excluding hydrogens is 967 g/mol. The molecule has 2 aromatic carbocycles. The summed E-state index contributed by atoms with van der Waals surface area (Å²) in [5.41, 5.74) is 22.6. The van der Waals surface area contributed by atoms with E-state index in [4.69, 9.17) is 22.9 Å².